The first-order valence-electron chi connectivity index (χ1n) is 12.1. The number of hydrogen-bond acceptors (Lipinski definition) is 5. The zero-order valence-corrected chi connectivity index (χ0v) is 21.7. The fourth-order valence-corrected chi connectivity index (χ4v) is 4.90. The van der Waals surface area contributed by atoms with Crippen molar-refractivity contribution in [2.45, 2.75) is 76.7 Å². The van der Waals surface area contributed by atoms with Gasteiger partial charge in [-0.15, -0.1) is 0 Å². The Bertz CT molecular complexity index is 1030. The van der Waals surface area contributed by atoms with Gasteiger partial charge in [-0.1, -0.05) is 50.2 Å². The lowest BCUT2D eigenvalue weighted by Gasteiger charge is -2.45. The van der Waals surface area contributed by atoms with Crippen LogP contribution in [0.1, 0.15) is 61.7 Å². The van der Waals surface area contributed by atoms with Crippen LogP contribution in [0.15, 0.2) is 48.5 Å². The number of primary amides is 1. The van der Waals surface area contributed by atoms with E-state index in [1.54, 1.807) is 13.2 Å². The summed E-state index contributed by atoms with van der Waals surface area (Å²) < 4.78 is 11.4. The van der Waals surface area contributed by atoms with Crippen molar-refractivity contribution in [2.24, 2.45) is 5.73 Å². The molecule has 3 atom stereocenters. The summed E-state index contributed by atoms with van der Waals surface area (Å²) in [6.45, 7) is 10.4. The maximum atomic E-state index is 12.6. The van der Waals surface area contributed by atoms with Gasteiger partial charge in [0.2, 0.25) is 5.91 Å². The fraction of sp³-hybridized carbons (Fsp3) is 0.500. The maximum Gasteiger partial charge on any atom is 0.407 e. The maximum absolute atomic E-state index is 12.6. The van der Waals surface area contributed by atoms with Gasteiger partial charge in [0.25, 0.3) is 0 Å². The number of carbonyl (C=O) groups excluding carboxylic acids is 2. The first-order chi connectivity index (χ1) is 16.4. The number of nitrogens with two attached hydrogens (primary N) is 1. The van der Waals surface area contributed by atoms with Crippen LogP contribution in [0.3, 0.4) is 0 Å². The van der Waals surface area contributed by atoms with Gasteiger partial charge in [0.1, 0.15) is 5.60 Å². The molecule has 0 heterocycles. The van der Waals surface area contributed by atoms with Crippen molar-refractivity contribution in [1.82, 2.24) is 10.6 Å². The van der Waals surface area contributed by atoms with Crippen molar-refractivity contribution in [3.63, 3.8) is 0 Å². The van der Waals surface area contributed by atoms with Crippen molar-refractivity contribution in [2.75, 3.05) is 13.7 Å². The zero-order chi connectivity index (χ0) is 25.8. The van der Waals surface area contributed by atoms with Gasteiger partial charge in [0, 0.05) is 43.1 Å². The highest BCUT2D eigenvalue weighted by atomic mass is 16.6. The third kappa shape index (κ3) is 6.83. The van der Waals surface area contributed by atoms with Gasteiger partial charge in [-0.05, 0) is 56.0 Å². The monoisotopic (exact) mass is 481 g/mol. The lowest BCUT2D eigenvalue weighted by atomic mass is 9.67. The van der Waals surface area contributed by atoms with Crippen molar-refractivity contribution in [3.05, 3.63) is 70.8 Å². The predicted molar refractivity (Wildman–Crippen MR) is 138 cm³/mol. The number of nitrogens with one attached hydrogen (secondary N) is 2. The van der Waals surface area contributed by atoms with E-state index in [0.717, 1.165) is 23.1 Å². The normalized spacial score (nSPS) is 19.9. The molecular formula is C28H39N3O4. The van der Waals surface area contributed by atoms with E-state index < -0.39 is 17.6 Å². The SMILES string of the molecule is CO[C@H]1Cc2ccc(C(N)=O)cc2C(C)(C)[C@@H]1NC[C@@H](Cc1ccccc1)NC(=O)OC(C)(C)C. The first kappa shape index (κ1) is 26.7. The molecule has 0 bridgehead atoms. The van der Waals surface area contributed by atoms with E-state index >= 15 is 0 Å². The fourth-order valence-electron chi connectivity index (χ4n) is 4.90. The minimum absolute atomic E-state index is 0.0539. The van der Waals surface area contributed by atoms with Gasteiger partial charge in [-0.25, -0.2) is 4.79 Å². The molecule has 0 radical (unpaired) electrons. The standard InChI is InChI=1S/C28H39N3O4/c1-27(2,3)35-26(33)31-21(14-18-10-8-7-9-11-18)17-30-24-23(34-6)16-19-12-13-20(25(29)32)15-22(19)28(24,4)5/h7-13,15,21,23-24,30H,14,16-17H2,1-6H3,(H2,29,32)(H,31,33)/t21-,23+,24-/m1/s1. The number of ether oxygens (including phenoxy) is 2. The van der Waals surface area contributed by atoms with E-state index in [9.17, 15) is 9.59 Å². The number of benzene rings is 2. The molecule has 2 amide bonds. The Morgan fingerprint density at radius 3 is 2.43 bits per heavy atom. The van der Waals surface area contributed by atoms with Gasteiger partial charge in [-0.2, -0.15) is 0 Å². The third-order valence-electron chi connectivity index (χ3n) is 6.59. The Morgan fingerprint density at radius 1 is 1.14 bits per heavy atom. The van der Waals surface area contributed by atoms with Gasteiger partial charge < -0.3 is 25.8 Å². The van der Waals surface area contributed by atoms with Crippen molar-refractivity contribution >= 4 is 12.0 Å². The summed E-state index contributed by atoms with van der Waals surface area (Å²) in [5, 5.41) is 6.72. The van der Waals surface area contributed by atoms with Crippen LogP contribution < -0.4 is 16.4 Å². The topological polar surface area (TPSA) is 103 Å². The van der Waals surface area contributed by atoms with Crippen molar-refractivity contribution < 1.29 is 19.1 Å². The van der Waals surface area contributed by atoms with Crippen LogP contribution in [-0.4, -0.2) is 49.4 Å². The number of rotatable bonds is 8. The Kier molecular flexibility index (Phi) is 8.23. The van der Waals surface area contributed by atoms with Gasteiger partial charge in [-0.3, -0.25) is 4.79 Å². The molecule has 0 spiro atoms. The average Bonchev–Trinajstić information content (AvgIpc) is 2.77. The number of amides is 2. The second kappa shape index (κ2) is 10.8. The number of fused-ring (bicyclic) bond motifs is 1. The van der Waals surface area contributed by atoms with E-state index in [4.69, 9.17) is 15.2 Å². The Balaban J connectivity index is 1.82. The molecule has 7 nitrogen and oxygen atoms in total. The highest BCUT2D eigenvalue weighted by Crippen LogP contribution is 2.38. The third-order valence-corrected chi connectivity index (χ3v) is 6.59. The number of carbonyl (C=O) groups is 2. The average molecular weight is 482 g/mol. The summed E-state index contributed by atoms with van der Waals surface area (Å²) in [6, 6.07) is 15.5. The summed E-state index contributed by atoms with van der Waals surface area (Å²) in [7, 11) is 1.72. The molecule has 0 aromatic heterocycles. The second-order valence-corrected chi connectivity index (χ2v) is 10.9. The van der Waals surface area contributed by atoms with Gasteiger partial charge in [0.15, 0.2) is 0 Å². The highest BCUT2D eigenvalue weighted by molar-refractivity contribution is 5.93. The minimum atomic E-state index is -0.580. The molecule has 190 valence electrons. The summed E-state index contributed by atoms with van der Waals surface area (Å²) in [5.41, 5.74) is 8.49. The molecule has 4 N–H and O–H groups in total. The molecule has 0 unspecified atom stereocenters. The molecule has 7 heteroatoms. The Labute approximate surface area is 208 Å². The van der Waals surface area contributed by atoms with Crippen molar-refractivity contribution in [3.8, 4) is 0 Å². The smallest absolute Gasteiger partial charge is 0.407 e. The highest BCUT2D eigenvalue weighted by Gasteiger charge is 2.43. The Morgan fingerprint density at radius 2 is 1.83 bits per heavy atom. The van der Waals surface area contributed by atoms with Crippen LogP contribution >= 0.6 is 0 Å². The molecule has 0 saturated heterocycles. The number of methoxy groups -OCH3 is 1. The molecule has 0 saturated carbocycles. The summed E-state index contributed by atoms with van der Waals surface area (Å²) in [6.07, 6.45) is 0.855. The molecule has 35 heavy (non-hydrogen) atoms. The van der Waals surface area contributed by atoms with Crippen LogP contribution in [0.2, 0.25) is 0 Å². The zero-order valence-electron chi connectivity index (χ0n) is 21.7. The van der Waals surface area contributed by atoms with Gasteiger partial charge >= 0.3 is 6.09 Å². The van der Waals surface area contributed by atoms with Gasteiger partial charge in [0.05, 0.1) is 6.10 Å². The minimum Gasteiger partial charge on any atom is -0.444 e. The lowest BCUT2D eigenvalue weighted by molar-refractivity contribution is 0.0334. The van der Waals surface area contributed by atoms with Crippen LogP contribution in [0.4, 0.5) is 4.79 Å². The quantitative estimate of drug-likeness (QED) is 0.533. The summed E-state index contributed by atoms with van der Waals surface area (Å²) >= 11 is 0. The van der Waals surface area contributed by atoms with Crippen LogP contribution in [0.25, 0.3) is 0 Å². The first-order valence-corrected chi connectivity index (χ1v) is 12.1. The molecule has 0 aliphatic heterocycles. The lowest BCUT2D eigenvalue weighted by Crippen LogP contribution is -2.59. The largest absolute Gasteiger partial charge is 0.444 e. The molecule has 2 aromatic rings. The summed E-state index contributed by atoms with van der Waals surface area (Å²) in [4.78, 5) is 24.4. The number of alkyl carbamates (subject to hydrolysis) is 1. The molecule has 1 aliphatic rings. The van der Waals surface area contributed by atoms with E-state index in [1.807, 2.05) is 63.2 Å². The van der Waals surface area contributed by atoms with Crippen LogP contribution in [0.5, 0.6) is 0 Å². The van der Waals surface area contributed by atoms with Crippen LogP contribution in [-0.2, 0) is 27.7 Å². The summed E-state index contributed by atoms with van der Waals surface area (Å²) in [5.74, 6) is -0.438. The molecule has 2 aromatic carbocycles. The van der Waals surface area contributed by atoms with E-state index in [-0.39, 0.29) is 23.6 Å². The second-order valence-electron chi connectivity index (χ2n) is 10.9. The van der Waals surface area contributed by atoms with E-state index in [1.165, 1.54) is 0 Å². The van der Waals surface area contributed by atoms with E-state index in [2.05, 4.69) is 24.5 Å². The predicted octanol–water partition coefficient (Wildman–Crippen LogP) is 3.73. The molecule has 1 aliphatic carbocycles. The van der Waals surface area contributed by atoms with Crippen LogP contribution in [0, 0.1) is 0 Å². The van der Waals surface area contributed by atoms with Crippen molar-refractivity contribution in [1.29, 1.82) is 0 Å². The molecule has 3 rings (SSSR count). The molecular weight excluding hydrogens is 442 g/mol. The van der Waals surface area contributed by atoms with E-state index in [0.29, 0.717) is 18.5 Å². The Hall–Kier alpha value is -2.90. The molecule has 0 fully saturated rings. The number of hydrogen-bond donors (Lipinski definition) is 3.